The van der Waals surface area contributed by atoms with Crippen LogP contribution in [0.1, 0.15) is 32.0 Å². The third-order valence-corrected chi connectivity index (χ3v) is 3.81. The summed E-state index contributed by atoms with van der Waals surface area (Å²) in [5, 5.41) is 0.0820. The Morgan fingerprint density at radius 3 is 2.45 bits per heavy atom. The van der Waals surface area contributed by atoms with E-state index in [0.717, 1.165) is 4.47 Å². The van der Waals surface area contributed by atoms with E-state index < -0.39 is 5.97 Å². The number of carbonyl (C=O) groups excluding carboxylic acids is 2. The lowest BCUT2D eigenvalue weighted by atomic mass is 10.1. The first kappa shape index (κ1) is 16.6. The molecule has 22 heavy (non-hydrogen) atoms. The molecule has 0 fully saturated rings. The standard InChI is InChI=1S/C16H13BrClNO3/c1-9-7-10(2)19-15(18)14(9)16(21)22-8-13(20)11-3-5-12(17)6-4-11/h3-7H,8H2,1-2H3. The zero-order valence-electron chi connectivity index (χ0n) is 12.0. The van der Waals surface area contributed by atoms with Crippen LogP contribution >= 0.6 is 27.5 Å². The van der Waals surface area contributed by atoms with E-state index in [-0.39, 0.29) is 23.1 Å². The molecule has 0 saturated heterocycles. The van der Waals surface area contributed by atoms with Crippen LogP contribution in [-0.2, 0) is 4.74 Å². The van der Waals surface area contributed by atoms with Crippen LogP contribution in [0.25, 0.3) is 0 Å². The van der Waals surface area contributed by atoms with E-state index in [1.54, 1.807) is 44.2 Å². The summed E-state index contributed by atoms with van der Waals surface area (Å²) < 4.78 is 5.92. The molecule has 0 spiro atoms. The number of hydrogen-bond donors (Lipinski definition) is 0. The first-order chi connectivity index (χ1) is 10.4. The van der Waals surface area contributed by atoms with Crippen LogP contribution in [0.4, 0.5) is 0 Å². The van der Waals surface area contributed by atoms with Gasteiger partial charge in [0.25, 0.3) is 0 Å². The molecule has 0 saturated carbocycles. The maximum atomic E-state index is 12.1. The number of pyridine rings is 1. The van der Waals surface area contributed by atoms with Crippen molar-refractivity contribution in [2.24, 2.45) is 0 Å². The van der Waals surface area contributed by atoms with Gasteiger partial charge in [-0.15, -0.1) is 0 Å². The molecule has 0 amide bonds. The Bertz CT molecular complexity index is 706. The molecule has 0 radical (unpaired) electrons. The Morgan fingerprint density at radius 1 is 1.23 bits per heavy atom. The molecule has 1 heterocycles. The van der Waals surface area contributed by atoms with Crippen LogP contribution in [0.15, 0.2) is 34.8 Å². The first-order valence-electron chi connectivity index (χ1n) is 6.48. The summed E-state index contributed by atoms with van der Waals surface area (Å²) in [5.74, 6) is -0.935. The number of Topliss-reactive ketones (excluding diaryl/α,β-unsaturated/α-hetero) is 1. The number of hydrogen-bond acceptors (Lipinski definition) is 4. The Labute approximate surface area is 141 Å². The van der Waals surface area contributed by atoms with E-state index in [4.69, 9.17) is 16.3 Å². The minimum absolute atomic E-state index is 0.0820. The number of aromatic nitrogens is 1. The Hall–Kier alpha value is -1.72. The SMILES string of the molecule is Cc1cc(C)c(C(=O)OCC(=O)c2ccc(Br)cc2)c(Cl)n1. The normalized spacial score (nSPS) is 10.4. The van der Waals surface area contributed by atoms with E-state index in [1.807, 2.05) is 0 Å². The summed E-state index contributed by atoms with van der Waals surface area (Å²) in [6, 6.07) is 8.55. The molecule has 0 aliphatic rings. The number of ether oxygens (including phenoxy) is 1. The minimum Gasteiger partial charge on any atom is -0.454 e. The number of aryl methyl sites for hydroxylation is 2. The zero-order valence-corrected chi connectivity index (χ0v) is 14.4. The lowest BCUT2D eigenvalue weighted by molar-refractivity contribution is 0.0473. The number of ketones is 1. The van der Waals surface area contributed by atoms with Gasteiger partial charge in [-0.25, -0.2) is 9.78 Å². The van der Waals surface area contributed by atoms with Crippen molar-refractivity contribution in [3.63, 3.8) is 0 Å². The van der Waals surface area contributed by atoms with Crippen molar-refractivity contribution in [2.75, 3.05) is 6.61 Å². The summed E-state index contributed by atoms with van der Waals surface area (Å²) in [7, 11) is 0. The fraction of sp³-hybridized carbons (Fsp3) is 0.188. The van der Waals surface area contributed by atoms with Crippen LogP contribution < -0.4 is 0 Å². The predicted molar refractivity (Wildman–Crippen MR) is 87.5 cm³/mol. The minimum atomic E-state index is -0.652. The van der Waals surface area contributed by atoms with E-state index in [1.165, 1.54) is 0 Å². The highest BCUT2D eigenvalue weighted by atomic mass is 79.9. The summed E-state index contributed by atoms with van der Waals surface area (Å²) in [6.45, 7) is 3.18. The van der Waals surface area contributed by atoms with Crippen molar-refractivity contribution in [2.45, 2.75) is 13.8 Å². The monoisotopic (exact) mass is 381 g/mol. The lowest BCUT2D eigenvalue weighted by Gasteiger charge is -2.09. The maximum Gasteiger partial charge on any atom is 0.342 e. The molecular weight excluding hydrogens is 370 g/mol. The summed E-state index contributed by atoms with van der Waals surface area (Å²) in [4.78, 5) is 28.1. The van der Waals surface area contributed by atoms with Gasteiger partial charge in [-0.05, 0) is 37.6 Å². The van der Waals surface area contributed by atoms with Gasteiger partial charge in [0.15, 0.2) is 12.4 Å². The van der Waals surface area contributed by atoms with Crippen molar-refractivity contribution >= 4 is 39.3 Å². The number of rotatable bonds is 4. The Morgan fingerprint density at radius 2 is 1.86 bits per heavy atom. The van der Waals surface area contributed by atoms with E-state index in [0.29, 0.717) is 16.8 Å². The van der Waals surface area contributed by atoms with E-state index in [9.17, 15) is 9.59 Å². The van der Waals surface area contributed by atoms with Crippen molar-refractivity contribution < 1.29 is 14.3 Å². The van der Waals surface area contributed by atoms with Gasteiger partial charge in [-0.2, -0.15) is 0 Å². The average Bonchev–Trinajstić information content (AvgIpc) is 2.44. The quantitative estimate of drug-likeness (QED) is 0.453. The molecule has 0 N–H and O–H groups in total. The molecule has 0 unspecified atom stereocenters. The molecule has 1 aromatic heterocycles. The van der Waals surface area contributed by atoms with Gasteiger partial charge in [-0.3, -0.25) is 4.79 Å². The first-order valence-corrected chi connectivity index (χ1v) is 7.65. The molecule has 0 aliphatic heterocycles. The predicted octanol–water partition coefficient (Wildman–Crippen LogP) is 4.15. The average molecular weight is 383 g/mol. The number of halogens is 2. The molecule has 0 aliphatic carbocycles. The van der Waals surface area contributed by atoms with Gasteiger partial charge in [0.1, 0.15) is 5.15 Å². The fourth-order valence-corrected chi connectivity index (χ4v) is 2.58. The fourth-order valence-electron chi connectivity index (χ4n) is 1.96. The smallest absolute Gasteiger partial charge is 0.342 e. The van der Waals surface area contributed by atoms with Gasteiger partial charge in [0, 0.05) is 15.7 Å². The van der Waals surface area contributed by atoms with Gasteiger partial charge in [-0.1, -0.05) is 39.7 Å². The Kier molecular flexibility index (Phi) is 5.32. The van der Waals surface area contributed by atoms with Gasteiger partial charge in [0.05, 0.1) is 5.56 Å². The number of benzene rings is 1. The largest absolute Gasteiger partial charge is 0.454 e. The molecule has 114 valence electrons. The second-order valence-corrected chi connectivity index (χ2v) is 6.03. The number of esters is 1. The zero-order chi connectivity index (χ0) is 16.3. The van der Waals surface area contributed by atoms with Crippen LogP contribution in [0.2, 0.25) is 5.15 Å². The third kappa shape index (κ3) is 3.93. The van der Waals surface area contributed by atoms with Crippen LogP contribution in [0, 0.1) is 13.8 Å². The second-order valence-electron chi connectivity index (χ2n) is 4.75. The maximum absolute atomic E-state index is 12.1. The highest BCUT2D eigenvalue weighted by molar-refractivity contribution is 9.10. The summed E-state index contributed by atoms with van der Waals surface area (Å²) >= 11 is 9.27. The van der Waals surface area contributed by atoms with Crippen molar-refractivity contribution in [3.05, 3.63) is 62.3 Å². The molecule has 1 aromatic carbocycles. The van der Waals surface area contributed by atoms with Crippen LogP contribution in [0.3, 0.4) is 0 Å². The topological polar surface area (TPSA) is 56.3 Å². The highest BCUT2D eigenvalue weighted by Crippen LogP contribution is 2.20. The third-order valence-electron chi connectivity index (χ3n) is 3.01. The van der Waals surface area contributed by atoms with E-state index in [2.05, 4.69) is 20.9 Å². The molecule has 0 atom stereocenters. The molecular formula is C16H13BrClNO3. The molecule has 0 bridgehead atoms. The van der Waals surface area contributed by atoms with Crippen molar-refractivity contribution in [3.8, 4) is 0 Å². The number of carbonyl (C=O) groups is 2. The molecule has 6 heteroatoms. The molecule has 2 rings (SSSR count). The van der Waals surface area contributed by atoms with E-state index >= 15 is 0 Å². The summed E-state index contributed by atoms with van der Waals surface area (Å²) in [5.41, 5.74) is 2.04. The highest BCUT2D eigenvalue weighted by Gasteiger charge is 2.18. The lowest BCUT2D eigenvalue weighted by Crippen LogP contribution is -2.16. The second kappa shape index (κ2) is 7.03. The van der Waals surface area contributed by atoms with Crippen molar-refractivity contribution in [1.29, 1.82) is 0 Å². The van der Waals surface area contributed by atoms with Crippen LogP contribution in [0.5, 0.6) is 0 Å². The summed E-state index contributed by atoms with van der Waals surface area (Å²) in [6.07, 6.45) is 0. The van der Waals surface area contributed by atoms with Crippen LogP contribution in [-0.4, -0.2) is 23.3 Å². The van der Waals surface area contributed by atoms with Gasteiger partial charge >= 0.3 is 5.97 Å². The Balaban J connectivity index is 2.07. The molecule has 2 aromatic rings. The molecule has 4 nitrogen and oxygen atoms in total. The van der Waals surface area contributed by atoms with Gasteiger partial charge in [0.2, 0.25) is 0 Å². The van der Waals surface area contributed by atoms with Crippen molar-refractivity contribution in [1.82, 2.24) is 4.98 Å². The van der Waals surface area contributed by atoms with Gasteiger partial charge < -0.3 is 4.74 Å². The number of nitrogens with zero attached hydrogens (tertiary/aromatic N) is 1.